The van der Waals surface area contributed by atoms with Gasteiger partial charge in [-0.1, -0.05) is 5.21 Å². The first kappa shape index (κ1) is 20.5. The van der Waals surface area contributed by atoms with Gasteiger partial charge in [-0.15, -0.1) is 5.10 Å². The van der Waals surface area contributed by atoms with Gasteiger partial charge in [-0.2, -0.15) is 0 Å². The van der Waals surface area contributed by atoms with Crippen LogP contribution in [0.25, 0.3) is 11.6 Å². The average Bonchev–Trinajstić information content (AvgIpc) is 3.40. The van der Waals surface area contributed by atoms with Crippen LogP contribution in [0.3, 0.4) is 0 Å². The molecule has 1 aliphatic rings. The predicted molar refractivity (Wildman–Crippen MR) is 112 cm³/mol. The quantitative estimate of drug-likeness (QED) is 0.448. The fraction of sp³-hybridized carbons (Fsp3) is 0.238. The van der Waals surface area contributed by atoms with Gasteiger partial charge in [0.1, 0.15) is 5.82 Å². The fourth-order valence-corrected chi connectivity index (χ4v) is 3.62. The molecule has 0 radical (unpaired) electrons. The summed E-state index contributed by atoms with van der Waals surface area (Å²) < 4.78 is 15.1. The zero-order valence-electron chi connectivity index (χ0n) is 16.9. The van der Waals surface area contributed by atoms with E-state index in [9.17, 15) is 19.1 Å². The molecule has 1 atom stereocenters. The molecule has 0 saturated heterocycles. The number of nitrogens with zero attached hydrogens (tertiary/aromatic N) is 3. The average molecular weight is 424 g/mol. The van der Waals surface area contributed by atoms with Gasteiger partial charge in [-0.05, 0) is 43.7 Å². The summed E-state index contributed by atoms with van der Waals surface area (Å²) in [6.07, 6.45) is 3.90. The number of halogens is 1. The second-order valence-corrected chi connectivity index (χ2v) is 7.35. The lowest BCUT2D eigenvalue weighted by molar-refractivity contribution is -0.110. The lowest BCUT2D eigenvalue weighted by Crippen LogP contribution is -2.35. The minimum Gasteiger partial charge on any atom is -0.389 e. The standard InChI is InChI=1S/C21H21FN6O3/c1-11-18(8-16-15-7-13(22)3-4-17(15)26-20(16)30)25-12(2)19(11)21(31)23-9-14(29)10-28-6-5-24-27-28/h3-8,14,25,29H,9-10H2,1-2H3,(H,23,31)(H,26,30)/b16-8-. The smallest absolute Gasteiger partial charge is 0.256 e. The van der Waals surface area contributed by atoms with Gasteiger partial charge in [0.15, 0.2) is 0 Å². The summed E-state index contributed by atoms with van der Waals surface area (Å²) in [5, 5.41) is 23.0. The molecule has 10 heteroatoms. The van der Waals surface area contributed by atoms with Crippen molar-refractivity contribution >= 4 is 29.2 Å². The number of aliphatic hydroxyl groups excluding tert-OH is 1. The van der Waals surface area contributed by atoms with E-state index in [0.717, 1.165) is 0 Å². The zero-order valence-corrected chi connectivity index (χ0v) is 16.9. The highest BCUT2D eigenvalue weighted by atomic mass is 19.1. The first-order valence-corrected chi connectivity index (χ1v) is 9.66. The van der Waals surface area contributed by atoms with Crippen molar-refractivity contribution in [1.29, 1.82) is 0 Å². The molecule has 160 valence electrons. The Kier molecular flexibility index (Phi) is 5.38. The maximum Gasteiger partial charge on any atom is 0.256 e. The van der Waals surface area contributed by atoms with E-state index in [1.54, 1.807) is 26.1 Å². The number of fused-ring (bicyclic) bond motifs is 1. The molecule has 0 aliphatic carbocycles. The molecule has 4 N–H and O–H groups in total. The van der Waals surface area contributed by atoms with Crippen LogP contribution in [-0.2, 0) is 11.3 Å². The number of hydrogen-bond acceptors (Lipinski definition) is 5. The first-order chi connectivity index (χ1) is 14.8. The third kappa shape index (κ3) is 4.10. The number of aliphatic hydroxyl groups is 1. The van der Waals surface area contributed by atoms with Gasteiger partial charge < -0.3 is 20.7 Å². The lowest BCUT2D eigenvalue weighted by Gasteiger charge is -2.12. The summed E-state index contributed by atoms with van der Waals surface area (Å²) >= 11 is 0. The zero-order chi connectivity index (χ0) is 22.1. The molecular formula is C21H21FN6O3. The maximum absolute atomic E-state index is 13.7. The van der Waals surface area contributed by atoms with Gasteiger partial charge >= 0.3 is 0 Å². The van der Waals surface area contributed by atoms with Crippen molar-refractivity contribution in [2.45, 2.75) is 26.5 Å². The third-order valence-corrected chi connectivity index (χ3v) is 5.12. The van der Waals surface area contributed by atoms with Gasteiger partial charge in [0, 0.05) is 35.4 Å². The molecule has 2 amide bonds. The first-order valence-electron chi connectivity index (χ1n) is 9.66. The summed E-state index contributed by atoms with van der Waals surface area (Å²) in [6, 6.07) is 4.10. The van der Waals surface area contributed by atoms with E-state index in [-0.39, 0.29) is 24.9 Å². The molecule has 3 heterocycles. The molecule has 9 nitrogen and oxygen atoms in total. The number of carbonyl (C=O) groups excluding carboxylic acids is 2. The van der Waals surface area contributed by atoms with Gasteiger partial charge in [0.25, 0.3) is 11.8 Å². The van der Waals surface area contributed by atoms with E-state index >= 15 is 0 Å². The van der Waals surface area contributed by atoms with Crippen molar-refractivity contribution in [2.24, 2.45) is 0 Å². The molecule has 2 aromatic heterocycles. The minimum atomic E-state index is -0.833. The van der Waals surface area contributed by atoms with Crippen LogP contribution >= 0.6 is 0 Å². The highest BCUT2D eigenvalue weighted by Gasteiger charge is 2.26. The second kappa shape index (κ2) is 8.15. The number of aryl methyl sites for hydroxylation is 1. The highest BCUT2D eigenvalue weighted by Crippen LogP contribution is 2.34. The lowest BCUT2D eigenvalue weighted by atomic mass is 10.0. The van der Waals surface area contributed by atoms with Crippen molar-refractivity contribution in [3.05, 3.63) is 64.5 Å². The van der Waals surface area contributed by atoms with Crippen LogP contribution < -0.4 is 10.6 Å². The Morgan fingerprint density at radius 2 is 2.19 bits per heavy atom. The molecule has 0 spiro atoms. The molecule has 3 aromatic rings. The van der Waals surface area contributed by atoms with E-state index in [0.29, 0.717) is 39.3 Å². The van der Waals surface area contributed by atoms with Crippen molar-refractivity contribution in [3.63, 3.8) is 0 Å². The monoisotopic (exact) mass is 424 g/mol. The summed E-state index contributed by atoms with van der Waals surface area (Å²) in [6.45, 7) is 3.75. The number of H-pyrrole nitrogens is 1. The number of carbonyl (C=O) groups is 2. The van der Waals surface area contributed by atoms with Gasteiger partial charge in [0.05, 0.1) is 30.0 Å². The summed E-state index contributed by atoms with van der Waals surface area (Å²) in [5.74, 6) is -1.13. The van der Waals surface area contributed by atoms with Crippen LogP contribution in [0, 0.1) is 19.7 Å². The Balaban J connectivity index is 1.53. The van der Waals surface area contributed by atoms with Crippen LogP contribution in [0.1, 0.15) is 32.9 Å². The van der Waals surface area contributed by atoms with E-state index in [1.807, 2.05) is 0 Å². The Bertz CT molecular complexity index is 1180. The van der Waals surface area contributed by atoms with Crippen LogP contribution in [0.15, 0.2) is 30.6 Å². The number of rotatable bonds is 6. The molecule has 1 unspecified atom stereocenters. The number of hydrogen-bond donors (Lipinski definition) is 4. The van der Waals surface area contributed by atoms with Gasteiger partial charge in [0.2, 0.25) is 0 Å². The fourth-order valence-electron chi connectivity index (χ4n) is 3.62. The Morgan fingerprint density at radius 1 is 1.39 bits per heavy atom. The predicted octanol–water partition coefficient (Wildman–Crippen LogP) is 1.65. The van der Waals surface area contributed by atoms with Crippen molar-refractivity contribution in [1.82, 2.24) is 25.3 Å². The van der Waals surface area contributed by atoms with Crippen LogP contribution in [0.2, 0.25) is 0 Å². The highest BCUT2D eigenvalue weighted by molar-refractivity contribution is 6.34. The van der Waals surface area contributed by atoms with E-state index in [4.69, 9.17) is 0 Å². The number of aromatic amines is 1. The minimum absolute atomic E-state index is 0.0359. The SMILES string of the molecule is Cc1[nH]c(/C=C2\C(=O)Nc3ccc(F)cc32)c(C)c1C(=O)NCC(O)Cn1ccnn1. The second-order valence-electron chi connectivity index (χ2n) is 7.35. The van der Waals surface area contributed by atoms with Crippen molar-refractivity contribution in [3.8, 4) is 0 Å². The molecule has 0 saturated carbocycles. The largest absolute Gasteiger partial charge is 0.389 e. The maximum atomic E-state index is 13.7. The normalized spacial score (nSPS) is 15.1. The Morgan fingerprint density at radius 3 is 2.94 bits per heavy atom. The molecule has 4 rings (SSSR count). The molecule has 31 heavy (non-hydrogen) atoms. The van der Waals surface area contributed by atoms with Crippen LogP contribution in [0.5, 0.6) is 0 Å². The van der Waals surface area contributed by atoms with Gasteiger partial charge in [-0.25, -0.2) is 9.07 Å². The molecule has 1 aromatic carbocycles. The number of benzene rings is 1. The third-order valence-electron chi connectivity index (χ3n) is 5.12. The molecule has 0 fully saturated rings. The van der Waals surface area contributed by atoms with Crippen LogP contribution in [0.4, 0.5) is 10.1 Å². The number of aromatic nitrogens is 4. The number of nitrogens with one attached hydrogen (secondary N) is 3. The van der Waals surface area contributed by atoms with E-state index in [1.165, 1.54) is 29.1 Å². The summed E-state index contributed by atoms with van der Waals surface area (Å²) in [7, 11) is 0. The molecule has 1 aliphatic heterocycles. The van der Waals surface area contributed by atoms with E-state index in [2.05, 4.69) is 25.9 Å². The van der Waals surface area contributed by atoms with Gasteiger partial charge in [-0.3, -0.25) is 9.59 Å². The Labute approximate surface area is 177 Å². The molecule has 0 bridgehead atoms. The van der Waals surface area contributed by atoms with Crippen LogP contribution in [-0.4, -0.2) is 49.5 Å². The Hall–Kier alpha value is -3.79. The van der Waals surface area contributed by atoms with Crippen molar-refractivity contribution in [2.75, 3.05) is 11.9 Å². The van der Waals surface area contributed by atoms with Crippen molar-refractivity contribution < 1.29 is 19.1 Å². The topological polar surface area (TPSA) is 125 Å². The number of anilines is 1. The summed E-state index contributed by atoms with van der Waals surface area (Å²) in [5.41, 5.74) is 3.59. The number of amides is 2. The molecular weight excluding hydrogens is 403 g/mol. The summed E-state index contributed by atoms with van der Waals surface area (Å²) in [4.78, 5) is 28.2. The van der Waals surface area contributed by atoms with E-state index < -0.39 is 11.9 Å².